The van der Waals surface area contributed by atoms with E-state index in [1.165, 1.54) is 5.56 Å². The summed E-state index contributed by atoms with van der Waals surface area (Å²) in [6, 6.07) is 18.1. The van der Waals surface area contributed by atoms with Gasteiger partial charge in [0.1, 0.15) is 0 Å². The molecule has 1 fully saturated rings. The van der Waals surface area contributed by atoms with Crippen molar-refractivity contribution in [3.8, 4) is 11.4 Å². The maximum absolute atomic E-state index is 13.0. The molecular formula is C24H25N3O. The first-order chi connectivity index (χ1) is 13.6. The van der Waals surface area contributed by atoms with Gasteiger partial charge in [0.2, 0.25) is 0 Å². The highest BCUT2D eigenvalue weighted by Crippen LogP contribution is 2.28. The molecule has 4 heteroatoms. The van der Waals surface area contributed by atoms with E-state index in [0.717, 1.165) is 47.6 Å². The Morgan fingerprint density at radius 1 is 1.04 bits per heavy atom. The lowest BCUT2D eigenvalue weighted by molar-refractivity contribution is 0.0705. The topological polar surface area (TPSA) is 46.1 Å². The van der Waals surface area contributed by atoms with Crippen LogP contribution in [-0.2, 0) is 0 Å². The van der Waals surface area contributed by atoms with Crippen molar-refractivity contribution in [2.75, 3.05) is 13.1 Å². The minimum atomic E-state index is 0.121. The van der Waals surface area contributed by atoms with Crippen LogP contribution in [0.3, 0.4) is 0 Å². The number of benzene rings is 2. The summed E-state index contributed by atoms with van der Waals surface area (Å²) in [5.41, 5.74) is 5.09. The molecule has 1 aliphatic heterocycles. The number of nitrogens with zero attached hydrogens (tertiary/aromatic N) is 3. The van der Waals surface area contributed by atoms with E-state index < -0.39 is 0 Å². The number of carbonyl (C=O) groups excluding carboxylic acids is 1. The van der Waals surface area contributed by atoms with E-state index in [9.17, 15) is 4.79 Å². The molecule has 0 spiro atoms. The molecule has 1 aliphatic rings. The average molecular weight is 371 g/mol. The molecule has 1 atom stereocenters. The number of aryl methyl sites for hydroxylation is 2. The second-order valence-corrected chi connectivity index (χ2v) is 7.58. The van der Waals surface area contributed by atoms with Crippen molar-refractivity contribution in [3.63, 3.8) is 0 Å². The van der Waals surface area contributed by atoms with Gasteiger partial charge in [0.05, 0.1) is 0 Å². The van der Waals surface area contributed by atoms with Gasteiger partial charge in [0.25, 0.3) is 5.91 Å². The molecule has 28 heavy (non-hydrogen) atoms. The van der Waals surface area contributed by atoms with E-state index in [-0.39, 0.29) is 11.8 Å². The number of likely N-dealkylation sites (tertiary alicyclic amines) is 1. The minimum Gasteiger partial charge on any atom is -0.338 e. The van der Waals surface area contributed by atoms with Crippen molar-refractivity contribution in [2.24, 2.45) is 0 Å². The molecule has 1 aromatic heterocycles. The first-order valence-corrected chi connectivity index (χ1v) is 9.87. The lowest BCUT2D eigenvalue weighted by atomic mass is 9.93. The summed E-state index contributed by atoms with van der Waals surface area (Å²) in [7, 11) is 0. The summed E-state index contributed by atoms with van der Waals surface area (Å²) in [5, 5.41) is 0. The molecule has 0 N–H and O–H groups in total. The van der Waals surface area contributed by atoms with Crippen LogP contribution in [0.5, 0.6) is 0 Å². The lowest BCUT2D eigenvalue weighted by Crippen LogP contribution is -2.39. The number of amides is 1. The summed E-state index contributed by atoms with van der Waals surface area (Å²) >= 11 is 0. The van der Waals surface area contributed by atoms with Gasteiger partial charge in [0, 0.05) is 42.0 Å². The molecule has 0 radical (unpaired) electrons. The molecule has 4 nitrogen and oxygen atoms in total. The van der Waals surface area contributed by atoms with E-state index in [1.54, 1.807) is 0 Å². The van der Waals surface area contributed by atoms with Crippen LogP contribution in [0.25, 0.3) is 11.4 Å². The Balaban J connectivity index is 1.55. The van der Waals surface area contributed by atoms with Crippen LogP contribution in [0.4, 0.5) is 0 Å². The third kappa shape index (κ3) is 3.81. The Morgan fingerprint density at radius 2 is 1.82 bits per heavy atom. The largest absolute Gasteiger partial charge is 0.338 e. The van der Waals surface area contributed by atoms with Gasteiger partial charge in [-0.2, -0.15) is 0 Å². The zero-order valence-corrected chi connectivity index (χ0v) is 16.4. The fourth-order valence-corrected chi connectivity index (χ4v) is 3.83. The lowest BCUT2D eigenvalue weighted by Gasteiger charge is -2.33. The van der Waals surface area contributed by atoms with Gasteiger partial charge in [-0.1, -0.05) is 48.0 Å². The van der Waals surface area contributed by atoms with Gasteiger partial charge < -0.3 is 4.90 Å². The van der Waals surface area contributed by atoms with Crippen LogP contribution in [0.1, 0.15) is 45.9 Å². The number of carbonyl (C=O) groups is 1. The standard InChI is InChI=1S/C24H25N3O/c1-17-9-11-19(12-10-17)23-25-14-13-22(26-23)20-7-5-15-27(16-20)24(28)21-8-4-3-6-18(21)2/h3-4,6,8-14,20H,5,7,15-16H2,1-2H3/t20-/m1/s1. The van der Waals surface area contributed by atoms with Crippen molar-refractivity contribution in [1.29, 1.82) is 0 Å². The number of hydrogen-bond acceptors (Lipinski definition) is 3. The smallest absolute Gasteiger partial charge is 0.254 e. The molecule has 0 bridgehead atoms. The first kappa shape index (κ1) is 18.4. The van der Waals surface area contributed by atoms with Crippen molar-refractivity contribution in [3.05, 3.63) is 83.2 Å². The Morgan fingerprint density at radius 3 is 2.61 bits per heavy atom. The predicted molar refractivity (Wildman–Crippen MR) is 111 cm³/mol. The number of hydrogen-bond donors (Lipinski definition) is 0. The molecule has 1 amide bonds. The van der Waals surface area contributed by atoms with Crippen molar-refractivity contribution >= 4 is 5.91 Å². The van der Waals surface area contributed by atoms with Gasteiger partial charge in [-0.25, -0.2) is 9.97 Å². The van der Waals surface area contributed by atoms with Gasteiger partial charge in [-0.05, 0) is 44.4 Å². The molecular weight excluding hydrogens is 346 g/mol. The Hall–Kier alpha value is -3.01. The fraction of sp³-hybridized carbons (Fsp3) is 0.292. The van der Waals surface area contributed by atoms with Crippen LogP contribution in [0.15, 0.2) is 60.8 Å². The summed E-state index contributed by atoms with van der Waals surface area (Å²) in [6.45, 7) is 5.58. The van der Waals surface area contributed by atoms with E-state index in [1.807, 2.05) is 48.4 Å². The molecule has 2 heterocycles. The molecule has 3 aromatic rings. The molecule has 0 unspecified atom stereocenters. The van der Waals surface area contributed by atoms with Crippen LogP contribution < -0.4 is 0 Å². The van der Waals surface area contributed by atoms with Crippen LogP contribution in [-0.4, -0.2) is 33.9 Å². The molecule has 2 aromatic carbocycles. The van der Waals surface area contributed by atoms with Gasteiger partial charge >= 0.3 is 0 Å². The second-order valence-electron chi connectivity index (χ2n) is 7.58. The average Bonchev–Trinajstić information content (AvgIpc) is 2.74. The Labute approximate surface area is 166 Å². The fourth-order valence-electron chi connectivity index (χ4n) is 3.83. The molecule has 142 valence electrons. The van der Waals surface area contributed by atoms with Crippen molar-refractivity contribution < 1.29 is 4.79 Å². The maximum atomic E-state index is 13.0. The van der Waals surface area contributed by atoms with Gasteiger partial charge in [-0.15, -0.1) is 0 Å². The van der Waals surface area contributed by atoms with Crippen LogP contribution >= 0.6 is 0 Å². The van der Waals surface area contributed by atoms with Gasteiger partial charge in [-0.3, -0.25) is 4.79 Å². The molecule has 0 aliphatic carbocycles. The van der Waals surface area contributed by atoms with Crippen molar-refractivity contribution in [2.45, 2.75) is 32.6 Å². The highest BCUT2D eigenvalue weighted by Gasteiger charge is 2.27. The predicted octanol–water partition coefficient (Wildman–Crippen LogP) is 4.78. The molecule has 0 saturated carbocycles. The van der Waals surface area contributed by atoms with E-state index in [0.29, 0.717) is 6.54 Å². The zero-order chi connectivity index (χ0) is 19.5. The summed E-state index contributed by atoms with van der Waals surface area (Å²) in [6.07, 6.45) is 3.87. The normalized spacial score (nSPS) is 16.8. The third-order valence-corrected chi connectivity index (χ3v) is 5.49. The number of rotatable bonds is 3. The first-order valence-electron chi connectivity index (χ1n) is 9.87. The van der Waals surface area contributed by atoms with E-state index in [4.69, 9.17) is 4.98 Å². The molecule has 4 rings (SSSR count). The zero-order valence-electron chi connectivity index (χ0n) is 16.4. The highest BCUT2D eigenvalue weighted by atomic mass is 16.2. The Kier molecular flexibility index (Phi) is 5.20. The van der Waals surface area contributed by atoms with Crippen LogP contribution in [0, 0.1) is 13.8 Å². The quantitative estimate of drug-likeness (QED) is 0.666. The maximum Gasteiger partial charge on any atom is 0.254 e. The minimum absolute atomic E-state index is 0.121. The van der Waals surface area contributed by atoms with E-state index >= 15 is 0 Å². The summed E-state index contributed by atoms with van der Waals surface area (Å²) < 4.78 is 0. The number of piperidine rings is 1. The van der Waals surface area contributed by atoms with Gasteiger partial charge in [0.15, 0.2) is 5.82 Å². The third-order valence-electron chi connectivity index (χ3n) is 5.49. The highest BCUT2D eigenvalue weighted by molar-refractivity contribution is 5.95. The number of aromatic nitrogens is 2. The SMILES string of the molecule is Cc1ccc(-c2nccc([C@@H]3CCCN(C(=O)c4ccccc4C)C3)n2)cc1. The summed E-state index contributed by atoms with van der Waals surface area (Å²) in [5.74, 6) is 1.12. The Bertz CT molecular complexity index is 981. The summed E-state index contributed by atoms with van der Waals surface area (Å²) in [4.78, 5) is 24.3. The monoisotopic (exact) mass is 371 g/mol. The van der Waals surface area contributed by atoms with Crippen LogP contribution in [0.2, 0.25) is 0 Å². The van der Waals surface area contributed by atoms with Crippen molar-refractivity contribution in [1.82, 2.24) is 14.9 Å². The van der Waals surface area contributed by atoms with E-state index in [2.05, 4.69) is 36.2 Å². The second kappa shape index (κ2) is 7.93. The molecule has 1 saturated heterocycles.